The molecule has 17 heavy (non-hydrogen) atoms. The minimum atomic E-state index is -0.208. The molecule has 0 amide bonds. The number of hydrogen-bond acceptors (Lipinski definition) is 3. The van der Waals surface area contributed by atoms with Gasteiger partial charge >= 0.3 is 0 Å². The largest absolute Gasteiger partial charge is 0.459 e. The van der Waals surface area contributed by atoms with Crippen molar-refractivity contribution in [1.29, 1.82) is 0 Å². The maximum absolute atomic E-state index is 5.75. The Morgan fingerprint density at radius 2 is 1.94 bits per heavy atom. The number of fused-ring (bicyclic) bond motifs is 1. The molecule has 1 atom stereocenters. The minimum absolute atomic E-state index is 0.0293. The molecule has 3 nitrogen and oxygen atoms in total. The van der Waals surface area contributed by atoms with Crippen molar-refractivity contribution < 1.29 is 9.25 Å². The number of rotatable bonds is 3. The topological polar surface area (TPSA) is 34.4 Å². The molecule has 0 radical (unpaired) electrons. The molecule has 3 heteroatoms. The smallest absolute Gasteiger partial charge is 0.134 e. The first kappa shape index (κ1) is 12.1. The molecule has 0 saturated heterocycles. The van der Waals surface area contributed by atoms with Crippen LogP contribution in [-0.2, 0) is 4.84 Å². The molecule has 92 valence electrons. The summed E-state index contributed by atoms with van der Waals surface area (Å²) in [5.74, 6) is 0.885. The fraction of sp³-hybridized carbons (Fsp3) is 0.429. The van der Waals surface area contributed by atoms with E-state index in [1.807, 2.05) is 58.0 Å². The van der Waals surface area contributed by atoms with Gasteiger partial charge in [-0.1, -0.05) is 18.2 Å². The Kier molecular flexibility index (Phi) is 3.22. The Bertz CT molecular complexity index is 463. The highest BCUT2D eigenvalue weighted by Gasteiger charge is 2.16. The van der Waals surface area contributed by atoms with E-state index in [-0.39, 0.29) is 11.6 Å². The second kappa shape index (κ2) is 4.51. The van der Waals surface area contributed by atoms with Crippen LogP contribution in [0.4, 0.5) is 0 Å². The molecular weight excluding hydrogens is 214 g/mol. The second-order valence-corrected chi connectivity index (χ2v) is 5.24. The molecule has 1 unspecified atom stereocenters. The van der Waals surface area contributed by atoms with Gasteiger partial charge in [0.2, 0.25) is 0 Å². The van der Waals surface area contributed by atoms with Gasteiger partial charge in [-0.15, -0.1) is 0 Å². The van der Waals surface area contributed by atoms with Crippen LogP contribution in [0.25, 0.3) is 11.0 Å². The van der Waals surface area contributed by atoms with Gasteiger partial charge in [0.15, 0.2) is 0 Å². The number of nitrogens with one attached hydrogen (secondary N) is 1. The summed E-state index contributed by atoms with van der Waals surface area (Å²) >= 11 is 0. The van der Waals surface area contributed by atoms with E-state index in [1.165, 1.54) is 0 Å². The lowest BCUT2D eigenvalue weighted by atomic mass is 10.2. The van der Waals surface area contributed by atoms with Gasteiger partial charge in [-0.25, -0.2) is 0 Å². The first-order valence-corrected chi connectivity index (χ1v) is 5.88. The molecule has 0 aliphatic rings. The van der Waals surface area contributed by atoms with Crippen LogP contribution in [0.5, 0.6) is 0 Å². The summed E-state index contributed by atoms with van der Waals surface area (Å²) in [5.41, 5.74) is 3.71. The standard InChI is InChI=1S/C14H19NO2/c1-10(15-17-14(2,3)4)13-9-11-7-5-6-8-12(11)16-13/h5-10,15H,1-4H3. The van der Waals surface area contributed by atoms with Crippen molar-refractivity contribution in [2.24, 2.45) is 0 Å². The Balaban J connectivity index is 2.11. The van der Waals surface area contributed by atoms with E-state index in [9.17, 15) is 0 Å². The average molecular weight is 233 g/mol. The molecule has 1 aromatic carbocycles. The van der Waals surface area contributed by atoms with Crippen LogP contribution in [0.3, 0.4) is 0 Å². The average Bonchev–Trinajstić information content (AvgIpc) is 2.68. The lowest BCUT2D eigenvalue weighted by Gasteiger charge is -2.22. The third-order valence-electron chi connectivity index (χ3n) is 2.41. The van der Waals surface area contributed by atoms with Crippen LogP contribution >= 0.6 is 0 Å². The van der Waals surface area contributed by atoms with Gasteiger partial charge in [0.25, 0.3) is 0 Å². The maximum atomic E-state index is 5.75. The molecular formula is C14H19NO2. The molecule has 0 spiro atoms. The monoisotopic (exact) mass is 233 g/mol. The van der Waals surface area contributed by atoms with Gasteiger partial charge in [-0.05, 0) is 39.8 Å². The number of para-hydroxylation sites is 1. The summed E-state index contributed by atoms with van der Waals surface area (Å²) in [6.45, 7) is 8.03. The second-order valence-electron chi connectivity index (χ2n) is 5.24. The maximum Gasteiger partial charge on any atom is 0.134 e. The van der Waals surface area contributed by atoms with E-state index in [0.717, 1.165) is 16.7 Å². The Hall–Kier alpha value is -1.32. The van der Waals surface area contributed by atoms with Crippen LogP contribution in [0.15, 0.2) is 34.7 Å². The third kappa shape index (κ3) is 3.08. The predicted molar refractivity (Wildman–Crippen MR) is 68.6 cm³/mol. The van der Waals surface area contributed by atoms with Crippen molar-refractivity contribution in [2.75, 3.05) is 0 Å². The molecule has 0 bridgehead atoms. The number of furan rings is 1. The molecule has 0 aliphatic heterocycles. The Morgan fingerprint density at radius 1 is 1.24 bits per heavy atom. The van der Waals surface area contributed by atoms with Crippen molar-refractivity contribution in [3.05, 3.63) is 36.1 Å². The van der Waals surface area contributed by atoms with E-state index in [0.29, 0.717) is 0 Å². The highest BCUT2D eigenvalue weighted by atomic mass is 16.7. The number of hydrogen-bond donors (Lipinski definition) is 1. The Labute approximate surface area is 102 Å². The Morgan fingerprint density at radius 3 is 2.59 bits per heavy atom. The first-order valence-electron chi connectivity index (χ1n) is 5.88. The van der Waals surface area contributed by atoms with E-state index < -0.39 is 0 Å². The normalized spacial score (nSPS) is 14.1. The summed E-state index contributed by atoms with van der Waals surface area (Å²) in [6.07, 6.45) is 0. The van der Waals surface area contributed by atoms with Crippen molar-refractivity contribution in [1.82, 2.24) is 5.48 Å². The molecule has 2 rings (SSSR count). The van der Waals surface area contributed by atoms with Gasteiger partial charge < -0.3 is 4.42 Å². The van der Waals surface area contributed by atoms with Crippen molar-refractivity contribution in [2.45, 2.75) is 39.3 Å². The van der Waals surface area contributed by atoms with E-state index in [4.69, 9.17) is 9.25 Å². The fourth-order valence-corrected chi connectivity index (χ4v) is 1.54. The highest BCUT2D eigenvalue weighted by Crippen LogP contribution is 2.23. The predicted octanol–water partition coefficient (Wildman–Crippen LogP) is 3.81. The third-order valence-corrected chi connectivity index (χ3v) is 2.41. The summed E-state index contributed by atoms with van der Waals surface area (Å²) < 4.78 is 5.75. The first-order chi connectivity index (χ1) is 7.96. The van der Waals surface area contributed by atoms with Crippen molar-refractivity contribution >= 4 is 11.0 Å². The van der Waals surface area contributed by atoms with Gasteiger partial charge in [0.05, 0.1) is 11.6 Å². The zero-order valence-corrected chi connectivity index (χ0v) is 10.8. The van der Waals surface area contributed by atoms with Crippen LogP contribution in [0.2, 0.25) is 0 Å². The number of hydroxylamine groups is 1. The molecule has 1 aromatic heterocycles. The van der Waals surface area contributed by atoms with Crippen LogP contribution < -0.4 is 5.48 Å². The van der Waals surface area contributed by atoms with E-state index in [1.54, 1.807) is 0 Å². The summed E-state index contributed by atoms with van der Waals surface area (Å²) in [4.78, 5) is 5.53. The molecule has 1 N–H and O–H groups in total. The molecule has 0 fully saturated rings. The zero-order chi connectivity index (χ0) is 12.5. The lowest BCUT2D eigenvalue weighted by molar-refractivity contribution is -0.0888. The zero-order valence-electron chi connectivity index (χ0n) is 10.8. The van der Waals surface area contributed by atoms with Crippen LogP contribution in [0, 0.1) is 0 Å². The summed E-state index contributed by atoms with van der Waals surface area (Å²) in [5, 5.41) is 1.12. The molecule has 0 saturated carbocycles. The summed E-state index contributed by atoms with van der Waals surface area (Å²) in [7, 11) is 0. The van der Waals surface area contributed by atoms with Gasteiger partial charge in [0, 0.05) is 5.39 Å². The van der Waals surface area contributed by atoms with Crippen molar-refractivity contribution in [3.8, 4) is 0 Å². The summed E-state index contributed by atoms with van der Waals surface area (Å²) in [6, 6.07) is 10.1. The quantitative estimate of drug-likeness (QED) is 0.818. The van der Waals surface area contributed by atoms with E-state index >= 15 is 0 Å². The highest BCUT2D eigenvalue weighted by molar-refractivity contribution is 5.77. The van der Waals surface area contributed by atoms with Gasteiger partial charge in [-0.3, -0.25) is 4.84 Å². The fourth-order valence-electron chi connectivity index (χ4n) is 1.54. The minimum Gasteiger partial charge on any atom is -0.459 e. The SMILES string of the molecule is CC(NOC(C)(C)C)c1cc2ccccc2o1. The van der Waals surface area contributed by atoms with Crippen LogP contribution in [0.1, 0.15) is 39.5 Å². The van der Waals surface area contributed by atoms with Crippen LogP contribution in [-0.4, -0.2) is 5.60 Å². The van der Waals surface area contributed by atoms with Gasteiger partial charge in [0.1, 0.15) is 11.3 Å². The molecule has 2 aromatic rings. The molecule has 1 heterocycles. The lowest BCUT2D eigenvalue weighted by Crippen LogP contribution is -2.30. The number of benzene rings is 1. The molecule has 0 aliphatic carbocycles. The van der Waals surface area contributed by atoms with Crippen molar-refractivity contribution in [3.63, 3.8) is 0 Å². The van der Waals surface area contributed by atoms with E-state index in [2.05, 4.69) is 5.48 Å². The van der Waals surface area contributed by atoms with Gasteiger partial charge in [-0.2, -0.15) is 5.48 Å².